The van der Waals surface area contributed by atoms with Gasteiger partial charge in [0.2, 0.25) is 11.8 Å². The first-order valence-electron chi connectivity index (χ1n) is 11.8. The SMILES string of the molecule is Cc1ccc(NC(=O)C2(c3ccccc3C(C)C)CN(Cc3ccc(C(=O)O)nc3)C2)c(OC(F)F)n1. The minimum absolute atomic E-state index is 0.0412. The van der Waals surface area contributed by atoms with E-state index in [1.165, 1.54) is 18.3 Å². The number of carbonyl (C=O) groups is 2. The first kappa shape index (κ1) is 26.2. The summed E-state index contributed by atoms with van der Waals surface area (Å²) < 4.78 is 30.6. The Bertz CT molecular complexity index is 1290. The largest absolute Gasteiger partial charge is 0.477 e. The van der Waals surface area contributed by atoms with Crippen LogP contribution in [0.15, 0.2) is 54.7 Å². The van der Waals surface area contributed by atoms with Crippen LogP contribution in [-0.2, 0) is 16.8 Å². The van der Waals surface area contributed by atoms with Gasteiger partial charge in [-0.25, -0.2) is 14.8 Å². The number of carboxylic acid groups (broad SMARTS) is 1. The maximum atomic E-state index is 13.8. The third kappa shape index (κ3) is 5.59. The first-order valence-corrected chi connectivity index (χ1v) is 11.8. The molecule has 1 aliphatic heterocycles. The minimum Gasteiger partial charge on any atom is -0.477 e. The monoisotopic (exact) mass is 510 g/mol. The van der Waals surface area contributed by atoms with E-state index in [2.05, 4.69) is 38.8 Å². The summed E-state index contributed by atoms with van der Waals surface area (Å²) in [5.74, 6) is -1.63. The molecule has 2 N–H and O–H groups in total. The number of hydrogen-bond acceptors (Lipinski definition) is 6. The molecular formula is C27H28F2N4O4. The van der Waals surface area contributed by atoms with Gasteiger partial charge in [-0.3, -0.25) is 9.69 Å². The number of pyridine rings is 2. The molecule has 0 radical (unpaired) electrons. The number of hydrogen-bond donors (Lipinski definition) is 2. The maximum absolute atomic E-state index is 13.8. The zero-order valence-electron chi connectivity index (χ0n) is 20.7. The highest BCUT2D eigenvalue weighted by molar-refractivity contribution is 6.01. The van der Waals surface area contributed by atoms with Gasteiger partial charge in [0.1, 0.15) is 11.4 Å². The highest BCUT2D eigenvalue weighted by Crippen LogP contribution is 2.41. The van der Waals surface area contributed by atoms with Gasteiger partial charge >= 0.3 is 12.6 Å². The molecule has 0 aliphatic carbocycles. The third-order valence-corrected chi connectivity index (χ3v) is 6.42. The number of nitrogens with one attached hydrogen (secondary N) is 1. The number of carbonyl (C=O) groups excluding carboxylic acids is 1. The highest BCUT2D eigenvalue weighted by Gasteiger charge is 2.51. The van der Waals surface area contributed by atoms with Crippen LogP contribution in [0.3, 0.4) is 0 Å². The Morgan fingerprint density at radius 1 is 1.14 bits per heavy atom. The van der Waals surface area contributed by atoms with E-state index in [9.17, 15) is 18.4 Å². The molecule has 0 bridgehead atoms. The van der Waals surface area contributed by atoms with Crippen LogP contribution in [0, 0.1) is 6.92 Å². The first-order chi connectivity index (χ1) is 17.6. The Morgan fingerprint density at radius 3 is 2.49 bits per heavy atom. The molecule has 8 nitrogen and oxygen atoms in total. The summed E-state index contributed by atoms with van der Waals surface area (Å²) in [6, 6.07) is 14.0. The second-order valence-corrected chi connectivity index (χ2v) is 9.46. The number of aromatic carboxylic acids is 1. The van der Waals surface area contributed by atoms with E-state index in [1.807, 2.05) is 24.3 Å². The number of amides is 1. The fraction of sp³-hybridized carbons (Fsp3) is 0.333. The molecule has 1 saturated heterocycles. The number of aryl methyl sites for hydroxylation is 1. The lowest BCUT2D eigenvalue weighted by molar-refractivity contribution is -0.128. The van der Waals surface area contributed by atoms with Crippen molar-refractivity contribution in [2.75, 3.05) is 18.4 Å². The smallest absolute Gasteiger partial charge is 0.388 e. The molecule has 3 heterocycles. The summed E-state index contributed by atoms with van der Waals surface area (Å²) >= 11 is 0. The van der Waals surface area contributed by atoms with E-state index >= 15 is 0 Å². The Kier molecular flexibility index (Phi) is 7.49. The lowest BCUT2D eigenvalue weighted by Crippen LogP contribution is -2.64. The van der Waals surface area contributed by atoms with Gasteiger partial charge in [0, 0.05) is 31.5 Å². The predicted molar refractivity (Wildman–Crippen MR) is 133 cm³/mol. The lowest BCUT2D eigenvalue weighted by Gasteiger charge is -2.50. The van der Waals surface area contributed by atoms with Crippen LogP contribution in [0.5, 0.6) is 5.88 Å². The molecule has 37 heavy (non-hydrogen) atoms. The molecule has 0 atom stereocenters. The van der Waals surface area contributed by atoms with Crippen LogP contribution in [0.4, 0.5) is 14.5 Å². The molecule has 1 fully saturated rings. The van der Waals surface area contributed by atoms with Gasteiger partial charge in [-0.1, -0.05) is 44.2 Å². The van der Waals surface area contributed by atoms with Crippen LogP contribution in [-0.4, -0.2) is 51.6 Å². The fourth-order valence-electron chi connectivity index (χ4n) is 4.65. The lowest BCUT2D eigenvalue weighted by atomic mass is 9.69. The normalized spacial score (nSPS) is 14.9. The second kappa shape index (κ2) is 10.6. The zero-order valence-corrected chi connectivity index (χ0v) is 20.7. The number of aromatic nitrogens is 2. The molecule has 3 aromatic rings. The van der Waals surface area contributed by atoms with Crippen LogP contribution in [0.1, 0.15) is 52.6 Å². The number of rotatable bonds is 9. The molecule has 4 rings (SSSR count). The number of likely N-dealkylation sites (tertiary alicyclic amines) is 1. The van der Waals surface area contributed by atoms with E-state index < -0.39 is 18.0 Å². The van der Waals surface area contributed by atoms with Crippen molar-refractivity contribution in [2.45, 2.75) is 45.3 Å². The van der Waals surface area contributed by atoms with Gasteiger partial charge in [-0.15, -0.1) is 0 Å². The van der Waals surface area contributed by atoms with E-state index in [-0.39, 0.29) is 29.1 Å². The van der Waals surface area contributed by atoms with Gasteiger partial charge in [-0.05, 0) is 47.7 Å². The standard InChI is InChI=1S/C27H28F2N4O4/c1-16(2)19-6-4-5-7-20(19)27(14-33(15-27)13-18-9-11-22(24(34)35)30-12-18)25(36)32-21-10-8-17(3)31-23(21)37-26(28)29/h4-12,16,26H,13-15H2,1-3H3,(H,32,36)(H,34,35). The van der Waals surface area contributed by atoms with Crippen molar-refractivity contribution >= 4 is 17.6 Å². The van der Waals surface area contributed by atoms with Gasteiger partial charge in [0.15, 0.2) is 0 Å². The van der Waals surface area contributed by atoms with Gasteiger partial charge in [0.25, 0.3) is 0 Å². The number of anilines is 1. The Balaban J connectivity index is 1.63. The number of ether oxygens (including phenoxy) is 1. The number of nitrogens with zero attached hydrogens (tertiary/aromatic N) is 3. The summed E-state index contributed by atoms with van der Waals surface area (Å²) in [5.41, 5.74) is 2.27. The topological polar surface area (TPSA) is 105 Å². The Hall–Kier alpha value is -3.92. The Labute approximate surface area is 213 Å². The van der Waals surface area contributed by atoms with Gasteiger partial charge in [0.05, 0.1) is 5.41 Å². The molecule has 0 spiro atoms. The summed E-state index contributed by atoms with van der Waals surface area (Å²) in [5, 5.41) is 11.9. The van der Waals surface area contributed by atoms with Crippen LogP contribution in [0.2, 0.25) is 0 Å². The molecule has 0 saturated carbocycles. The summed E-state index contributed by atoms with van der Waals surface area (Å²) in [7, 11) is 0. The van der Waals surface area contributed by atoms with E-state index in [1.54, 1.807) is 19.1 Å². The second-order valence-electron chi connectivity index (χ2n) is 9.46. The number of alkyl halides is 2. The van der Waals surface area contributed by atoms with E-state index in [0.29, 0.717) is 25.3 Å². The maximum Gasteiger partial charge on any atom is 0.388 e. The number of carboxylic acids is 1. The van der Waals surface area contributed by atoms with E-state index in [4.69, 9.17) is 5.11 Å². The predicted octanol–water partition coefficient (Wildman–Crippen LogP) is 4.60. The van der Waals surface area contributed by atoms with Crippen molar-refractivity contribution in [1.82, 2.24) is 14.9 Å². The highest BCUT2D eigenvalue weighted by atomic mass is 19.3. The average molecular weight is 511 g/mol. The van der Waals surface area contributed by atoms with Crippen LogP contribution < -0.4 is 10.1 Å². The van der Waals surface area contributed by atoms with Gasteiger partial charge < -0.3 is 15.2 Å². The molecule has 2 aromatic heterocycles. The third-order valence-electron chi connectivity index (χ3n) is 6.42. The van der Waals surface area contributed by atoms with Crippen molar-refractivity contribution in [2.24, 2.45) is 0 Å². The van der Waals surface area contributed by atoms with Gasteiger partial charge in [-0.2, -0.15) is 8.78 Å². The van der Waals surface area contributed by atoms with Crippen molar-refractivity contribution in [1.29, 1.82) is 0 Å². The summed E-state index contributed by atoms with van der Waals surface area (Å²) in [4.78, 5) is 35.0. The minimum atomic E-state index is -3.08. The average Bonchev–Trinajstić information content (AvgIpc) is 2.82. The van der Waals surface area contributed by atoms with Crippen molar-refractivity contribution in [3.05, 3.63) is 82.8 Å². The van der Waals surface area contributed by atoms with Crippen molar-refractivity contribution in [3.8, 4) is 5.88 Å². The van der Waals surface area contributed by atoms with Crippen molar-refractivity contribution in [3.63, 3.8) is 0 Å². The van der Waals surface area contributed by atoms with Crippen LogP contribution in [0.25, 0.3) is 0 Å². The van der Waals surface area contributed by atoms with Crippen LogP contribution >= 0.6 is 0 Å². The molecular weight excluding hydrogens is 482 g/mol. The quantitative estimate of drug-likeness (QED) is 0.434. The molecule has 1 amide bonds. The van der Waals surface area contributed by atoms with Crippen molar-refractivity contribution < 1.29 is 28.2 Å². The fourth-order valence-corrected chi connectivity index (χ4v) is 4.65. The zero-order chi connectivity index (χ0) is 26.7. The number of halogens is 2. The molecule has 1 aliphatic rings. The molecule has 10 heteroatoms. The number of benzene rings is 1. The summed E-state index contributed by atoms with van der Waals surface area (Å²) in [6.45, 7) is 3.87. The Morgan fingerprint density at radius 2 is 1.86 bits per heavy atom. The molecule has 0 unspecified atom stereocenters. The van der Waals surface area contributed by atoms with E-state index in [0.717, 1.165) is 16.7 Å². The summed E-state index contributed by atoms with van der Waals surface area (Å²) in [6.07, 6.45) is 1.51. The molecule has 1 aromatic carbocycles. The molecule has 194 valence electrons.